The average Bonchev–Trinajstić information content (AvgIpc) is 2.89. The van der Waals surface area contributed by atoms with Gasteiger partial charge in [0.15, 0.2) is 52.4 Å². The summed E-state index contributed by atoms with van der Waals surface area (Å²) in [6.07, 6.45) is -6.79. The smallest absolute Gasteiger partial charge is 0.200 e. The Hall–Kier alpha value is -3.59. The molecule has 0 radical (unpaired) electrons. The standard InChI is InChI=1S/C23H9BF15/c1-5(2)3-4-24(6-9(25)15(31)21(37)16(32)10(6)26,7-11(27)17(33)22(38)18(34)12(7)28)8-13(29)19(35)23(39)20(36)14(8)30/h3H,4H2,1-2H3/q-1. The molecule has 0 nitrogen and oxygen atoms in total. The van der Waals surface area contributed by atoms with Crippen molar-refractivity contribution >= 4 is 22.5 Å². The molecule has 0 heterocycles. The van der Waals surface area contributed by atoms with Gasteiger partial charge in [0, 0.05) is 0 Å². The average molecular weight is 581 g/mol. The van der Waals surface area contributed by atoms with Crippen LogP contribution in [0.15, 0.2) is 11.6 Å². The van der Waals surface area contributed by atoms with Crippen molar-refractivity contribution in [3.8, 4) is 0 Å². The van der Waals surface area contributed by atoms with Crippen LogP contribution >= 0.6 is 0 Å². The lowest BCUT2D eigenvalue weighted by molar-refractivity contribution is 0.379. The van der Waals surface area contributed by atoms with Crippen LogP contribution in [0.2, 0.25) is 6.32 Å². The van der Waals surface area contributed by atoms with E-state index in [0.717, 1.165) is 13.8 Å². The van der Waals surface area contributed by atoms with E-state index in [2.05, 4.69) is 0 Å². The van der Waals surface area contributed by atoms with Gasteiger partial charge in [0.25, 0.3) is 0 Å². The van der Waals surface area contributed by atoms with Crippen LogP contribution < -0.4 is 16.4 Å². The van der Waals surface area contributed by atoms with E-state index < -0.39 is 116 Å². The monoisotopic (exact) mass is 581 g/mol. The normalized spacial score (nSPS) is 11.8. The zero-order chi connectivity index (χ0) is 29.9. The molecule has 0 aromatic heterocycles. The number of hydrogen-bond acceptors (Lipinski definition) is 0. The summed E-state index contributed by atoms with van der Waals surface area (Å²) in [6.45, 7) is 2.16. The van der Waals surface area contributed by atoms with Gasteiger partial charge in [-0.3, -0.25) is 0 Å². The molecule has 0 amide bonds. The molecule has 0 saturated carbocycles. The minimum absolute atomic E-state index is 0.127. The fourth-order valence-electron chi connectivity index (χ4n) is 4.36. The van der Waals surface area contributed by atoms with Crippen LogP contribution in [0.3, 0.4) is 0 Å². The van der Waals surface area contributed by atoms with E-state index in [4.69, 9.17) is 0 Å². The van der Waals surface area contributed by atoms with E-state index in [1.165, 1.54) is 0 Å². The molecule has 0 atom stereocenters. The van der Waals surface area contributed by atoms with E-state index >= 15 is 26.3 Å². The van der Waals surface area contributed by atoms with Gasteiger partial charge in [0.1, 0.15) is 41.0 Å². The maximum Gasteiger partial charge on any atom is 0.200 e. The molecule has 16 heteroatoms. The zero-order valence-corrected chi connectivity index (χ0v) is 19.0. The van der Waals surface area contributed by atoms with Crippen molar-refractivity contribution in [2.45, 2.75) is 20.2 Å². The van der Waals surface area contributed by atoms with Crippen molar-refractivity contribution in [1.82, 2.24) is 0 Å². The van der Waals surface area contributed by atoms with Crippen molar-refractivity contribution in [2.24, 2.45) is 0 Å². The molecule has 0 spiro atoms. The van der Waals surface area contributed by atoms with Gasteiger partial charge in [0.05, 0.1) is 0 Å². The van der Waals surface area contributed by atoms with Gasteiger partial charge >= 0.3 is 0 Å². The molecule has 0 unspecified atom stereocenters. The number of benzene rings is 3. The third-order valence-corrected chi connectivity index (χ3v) is 6.09. The predicted octanol–water partition coefficient (Wildman–Crippen LogP) is 6.21. The number of allylic oxidation sites excluding steroid dienone is 2. The van der Waals surface area contributed by atoms with Crippen LogP contribution in [-0.4, -0.2) is 6.15 Å². The highest BCUT2D eigenvalue weighted by Gasteiger charge is 2.47. The van der Waals surface area contributed by atoms with Crippen LogP contribution in [0, 0.1) is 87.3 Å². The topological polar surface area (TPSA) is 0 Å². The molecule has 0 aliphatic heterocycles. The summed E-state index contributed by atoms with van der Waals surface area (Å²) in [5.41, 5.74) is -7.97. The molecule has 0 N–H and O–H groups in total. The third-order valence-electron chi connectivity index (χ3n) is 6.09. The second-order valence-corrected chi connectivity index (χ2v) is 8.51. The van der Waals surface area contributed by atoms with Gasteiger partial charge < -0.3 is 0 Å². The van der Waals surface area contributed by atoms with Gasteiger partial charge in [0.2, 0.25) is 0 Å². The Labute approximate surface area is 208 Å². The molecule has 3 aromatic rings. The Bertz CT molecular complexity index is 1300. The second kappa shape index (κ2) is 10.2. The Morgan fingerprint density at radius 2 is 0.564 bits per heavy atom. The van der Waals surface area contributed by atoms with Crippen LogP contribution in [0.25, 0.3) is 0 Å². The van der Waals surface area contributed by atoms with Gasteiger partial charge in [-0.1, -0.05) is 5.57 Å². The first-order valence-electron chi connectivity index (χ1n) is 10.3. The predicted molar refractivity (Wildman–Crippen MR) is 108 cm³/mol. The van der Waals surface area contributed by atoms with Crippen LogP contribution in [0.5, 0.6) is 0 Å². The maximum atomic E-state index is 15.1. The number of hydrogen-bond donors (Lipinski definition) is 0. The largest absolute Gasteiger partial charge is 0.207 e. The summed E-state index contributed by atoms with van der Waals surface area (Å²) in [5.74, 6) is -45.0. The minimum atomic E-state index is -5.52. The fraction of sp³-hybridized carbons (Fsp3) is 0.130. The van der Waals surface area contributed by atoms with Crippen LogP contribution in [0.1, 0.15) is 13.8 Å². The summed E-state index contributed by atoms with van der Waals surface area (Å²) < 4.78 is 218. The second-order valence-electron chi connectivity index (χ2n) is 8.51. The van der Waals surface area contributed by atoms with Gasteiger partial charge in [-0.05, 0) is 13.8 Å². The lowest BCUT2D eigenvalue weighted by atomic mass is 9.13. The molecule has 39 heavy (non-hydrogen) atoms. The van der Waals surface area contributed by atoms with Gasteiger partial charge in [-0.15, -0.1) is 28.8 Å². The Balaban J connectivity index is 2.91. The highest BCUT2D eigenvalue weighted by molar-refractivity contribution is 7.12. The zero-order valence-electron chi connectivity index (χ0n) is 19.0. The van der Waals surface area contributed by atoms with Crippen molar-refractivity contribution in [2.75, 3.05) is 0 Å². The van der Waals surface area contributed by atoms with E-state index in [9.17, 15) is 39.5 Å². The maximum absolute atomic E-state index is 15.1. The molecule has 0 fully saturated rings. The molecular weight excluding hydrogens is 572 g/mol. The van der Waals surface area contributed by atoms with Crippen LogP contribution in [0.4, 0.5) is 65.9 Å². The highest BCUT2D eigenvalue weighted by Crippen LogP contribution is 2.30. The molecule has 210 valence electrons. The number of rotatable bonds is 5. The fourth-order valence-corrected chi connectivity index (χ4v) is 4.36. The van der Waals surface area contributed by atoms with Gasteiger partial charge in [-0.25, -0.2) is 65.9 Å². The van der Waals surface area contributed by atoms with E-state index in [1.54, 1.807) is 0 Å². The SMILES string of the molecule is CC(C)=CC[B-](c1c(F)c(F)c(F)c(F)c1F)(c1c(F)c(F)c(F)c(F)c1F)c1c(F)c(F)c(F)c(F)c1F. The number of halogens is 15. The first kappa shape index (κ1) is 30.0. The van der Waals surface area contributed by atoms with Gasteiger partial charge in [-0.2, -0.15) is 0 Å². The van der Waals surface area contributed by atoms with E-state index in [0.29, 0.717) is 6.08 Å². The minimum Gasteiger partial charge on any atom is -0.207 e. The van der Waals surface area contributed by atoms with Crippen molar-refractivity contribution < 1.29 is 65.9 Å². The third kappa shape index (κ3) is 4.23. The molecule has 0 bridgehead atoms. The molecule has 0 aliphatic rings. The Morgan fingerprint density at radius 3 is 0.744 bits per heavy atom. The lowest BCUT2D eigenvalue weighted by Gasteiger charge is -2.43. The van der Waals surface area contributed by atoms with Crippen LogP contribution in [-0.2, 0) is 0 Å². The molecule has 3 aromatic carbocycles. The Morgan fingerprint density at radius 1 is 0.385 bits per heavy atom. The van der Waals surface area contributed by atoms with E-state index in [-0.39, 0.29) is 5.57 Å². The molecule has 0 saturated heterocycles. The molecule has 0 aliphatic carbocycles. The summed E-state index contributed by atoms with van der Waals surface area (Å²) in [7, 11) is 0. The van der Waals surface area contributed by atoms with Crippen molar-refractivity contribution in [3.05, 3.63) is 98.9 Å². The highest BCUT2D eigenvalue weighted by atomic mass is 19.2. The van der Waals surface area contributed by atoms with Crippen molar-refractivity contribution in [3.63, 3.8) is 0 Å². The summed E-state index contributed by atoms with van der Waals surface area (Å²) in [4.78, 5) is 0. The molecule has 3 rings (SSSR count). The quantitative estimate of drug-likeness (QED) is 0.111. The summed E-state index contributed by atoms with van der Waals surface area (Å²) in [5, 5.41) is 0. The molecular formula is C23H9BF15-. The summed E-state index contributed by atoms with van der Waals surface area (Å²) in [6, 6.07) is 0. The summed E-state index contributed by atoms with van der Waals surface area (Å²) >= 11 is 0. The first-order valence-corrected chi connectivity index (χ1v) is 10.3. The Kier molecular flexibility index (Phi) is 7.83. The lowest BCUT2D eigenvalue weighted by Crippen LogP contribution is -2.73. The first-order chi connectivity index (χ1) is 17.9. The van der Waals surface area contributed by atoms with E-state index in [1.807, 2.05) is 0 Å². The van der Waals surface area contributed by atoms with Crippen molar-refractivity contribution in [1.29, 1.82) is 0 Å².